The Bertz CT molecular complexity index is 1260. The van der Waals surface area contributed by atoms with Gasteiger partial charge in [-0.15, -0.1) is 0 Å². The molecule has 0 amide bonds. The SMILES string of the molecule is CCN1/C(=C(/O)c2ccc3ccccc3c2)C(=O)c2ccc(F)cc2S1(=O)=O. The predicted molar refractivity (Wildman–Crippen MR) is 104 cm³/mol. The Balaban J connectivity index is 1.98. The first kappa shape index (κ1) is 18.2. The lowest BCUT2D eigenvalue weighted by Gasteiger charge is -2.31. The largest absolute Gasteiger partial charge is 0.505 e. The third-order valence-electron chi connectivity index (χ3n) is 4.76. The van der Waals surface area contributed by atoms with Crippen LogP contribution in [-0.2, 0) is 10.0 Å². The van der Waals surface area contributed by atoms with E-state index >= 15 is 0 Å². The molecule has 0 bridgehead atoms. The highest BCUT2D eigenvalue weighted by molar-refractivity contribution is 7.89. The molecule has 0 aliphatic carbocycles. The minimum atomic E-state index is -4.18. The maximum atomic E-state index is 13.6. The van der Waals surface area contributed by atoms with Gasteiger partial charge in [0.25, 0.3) is 10.0 Å². The standard InChI is InChI=1S/C21H16FNO4S/c1-2-23-19(20(24)15-8-7-13-5-3-4-6-14(13)11-15)21(25)17-10-9-16(22)12-18(17)28(23,26)27/h3-12,24H,2H2,1H3/b20-19+. The maximum Gasteiger partial charge on any atom is 0.265 e. The number of likely N-dealkylation sites (N-methyl/N-ethyl adjacent to an activating group) is 1. The Morgan fingerprint density at radius 1 is 1.04 bits per heavy atom. The normalized spacial score (nSPS) is 17.5. The molecule has 142 valence electrons. The van der Waals surface area contributed by atoms with Gasteiger partial charge in [0.05, 0.1) is 0 Å². The molecule has 1 aliphatic rings. The number of carbonyl (C=O) groups is 1. The van der Waals surface area contributed by atoms with E-state index in [1.807, 2.05) is 24.3 Å². The van der Waals surface area contributed by atoms with Crippen LogP contribution in [0.15, 0.2) is 71.3 Å². The Kier molecular flexibility index (Phi) is 4.19. The molecule has 3 aromatic carbocycles. The Hall–Kier alpha value is -3.19. The monoisotopic (exact) mass is 397 g/mol. The number of aliphatic hydroxyl groups is 1. The molecule has 0 atom stereocenters. The second kappa shape index (κ2) is 6.45. The molecule has 28 heavy (non-hydrogen) atoms. The van der Waals surface area contributed by atoms with Gasteiger partial charge in [0.15, 0.2) is 5.76 Å². The number of sulfonamides is 1. The molecule has 1 N–H and O–H groups in total. The minimum Gasteiger partial charge on any atom is -0.505 e. The van der Waals surface area contributed by atoms with Crippen LogP contribution >= 0.6 is 0 Å². The van der Waals surface area contributed by atoms with E-state index in [0.717, 1.165) is 33.3 Å². The first-order chi connectivity index (χ1) is 13.3. The van der Waals surface area contributed by atoms with Crippen LogP contribution in [0.3, 0.4) is 0 Å². The predicted octanol–water partition coefficient (Wildman–Crippen LogP) is 4.11. The number of ketones is 1. The summed E-state index contributed by atoms with van der Waals surface area (Å²) in [5.41, 5.74) is -0.174. The van der Waals surface area contributed by atoms with E-state index in [9.17, 15) is 22.7 Å². The third kappa shape index (κ3) is 2.66. The fourth-order valence-electron chi connectivity index (χ4n) is 3.40. The number of fused-ring (bicyclic) bond motifs is 2. The van der Waals surface area contributed by atoms with Crippen molar-refractivity contribution in [3.63, 3.8) is 0 Å². The Labute approximate surface area is 161 Å². The molecule has 4 rings (SSSR count). The van der Waals surface area contributed by atoms with Gasteiger partial charge < -0.3 is 5.11 Å². The second-order valence-corrected chi connectivity index (χ2v) is 8.23. The molecule has 0 aromatic heterocycles. The number of hydrogen-bond donors (Lipinski definition) is 1. The van der Waals surface area contributed by atoms with E-state index in [0.29, 0.717) is 5.56 Å². The van der Waals surface area contributed by atoms with Crippen molar-refractivity contribution < 1.29 is 22.7 Å². The summed E-state index contributed by atoms with van der Waals surface area (Å²) in [6, 6.07) is 15.6. The first-order valence-electron chi connectivity index (χ1n) is 8.64. The Morgan fingerprint density at radius 2 is 1.75 bits per heavy atom. The van der Waals surface area contributed by atoms with Gasteiger partial charge in [0.1, 0.15) is 16.4 Å². The zero-order valence-corrected chi connectivity index (χ0v) is 15.7. The number of allylic oxidation sites excluding steroid dienone is 1. The van der Waals surface area contributed by atoms with Crippen molar-refractivity contribution in [1.29, 1.82) is 0 Å². The lowest BCUT2D eigenvalue weighted by Crippen LogP contribution is -2.39. The summed E-state index contributed by atoms with van der Waals surface area (Å²) in [5.74, 6) is -1.86. The highest BCUT2D eigenvalue weighted by atomic mass is 32.2. The number of carbonyl (C=O) groups excluding carboxylic acids is 1. The summed E-state index contributed by atoms with van der Waals surface area (Å²) < 4.78 is 40.3. The number of nitrogens with zero attached hydrogens (tertiary/aromatic N) is 1. The van der Waals surface area contributed by atoms with Crippen LogP contribution in [0.4, 0.5) is 4.39 Å². The molecular formula is C21H16FNO4S. The van der Waals surface area contributed by atoms with Crippen molar-refractivity contribution >= 4 is 32.3 Å². The number of aliphatic hydroxyl groups excluding tert-OH is 1. The van der Waals surface area contributed by atoms with Gasteiger partial charge in [-0.05, 0) is 42.0 Å². The lowest BCUT2D eigenvalue weighted by atomic mass is 10.0. The number of hydrogen-bond acceptors (Lipinski definition) is 4. The fourth-order valence-corrected chi connectivity index (χ4v) is 5.09. The third-order valence-corrected chi connectivity index (χ3v) is 6.67. The molecule has 1 heterocycles. The van der Waals surface area contributed by atoms with Crippen molar-refractivity contribution in [2.75, 3.05) is 6.54 Å². The molecule has 0 radical (unpaired) electrons. The second-order valence-electron chi connectivity index (χ2n) is 6.40. The molecule has 0 saturated carbocycles. The van der Waals surface area contributed by atoms with Crippen LogP contribution in [0.5, 0.6) is 0 Å². The maximum absolute atomic E-state index is 13.6. The van der Waals surface area contributed by atoms with Crippen LogP contribution in [0.1, 0.15) is 22.8 Å². The van der Waals surface area contributed by atoms with Gasteiger partial charge in [-0.25, -0.2) is 12.8 Å². The summed E-state index contributed by atoms with van der Waals surface area (Å²) in [6.45, 7) is 1.46. The topological polar surface area (TPSA) is 74.7 Å². The van der Waals surface area contributed by atoms with Gasteiger partial charge in [0, 0.05) is 17.7 Å². The Morgan fingerprint density at radius 3 is 2.46 bits per heavy atom. The summed E-state index contributed by atoms with van der Waals surface area (Å²) in [7, 11) is -4.18. The zero-order chi connectivity index (χ0) is 20.1. The van der Waals surface area contributed by atoms with Gasteiger partial charge in [-0.3, -0.25) is 9.10 Å². The van der Waals surface area contributed by atoms with Gasteiger partial charge in [-0.1, -0.05) is 36.4 Å². The minimum absolute atomic E-state index is 0.0863. The van der Waals surface area contributed by atoms with E-state index in [1.165, 1.54) is 0 Å². The molecule has 5 nitrogen and oxygen atoms in total. The lowest BCUT2D eigenvalue weighted by molar-refractivity contribution is 0.0999. The highest BCUT2D eigenvalue weighted by Gasteiger charge is 2.41. The van der Waals surface area contributed by atoms with Gasteiger partial charge in [0.2, 0.25) is 5.78 Å². The first-order valence-corrected chi connectivity index (χ1v) is 10.1. The molecule has 0 saturated heterocycles. The number of halogens is 1. The van der Waals surface area contributed by atoms with Crippen LogP contribution in [0.2, 0.25) is 0 Å². The molecule has 3 aromatic rings. The van der Waals surface area contributed by atoms with Crippen molar-refractivity contribution in [1.82, 2.24) is 4.31 Å². The number of Topliss-reactive ketones (excluding diaryl/α,β-unsaturated/α-hetero) is 1. The average Bonchev–Trinajstić information content (AvgIpc) is 2.69. The fraction of sp³-hybridized carbons (Fsp3) is 0.0952. The quantitative estimate of drug-likeness (QED) is 0.522. The summed E-state index contributed by atoms with van der Waals surface area (Å²) in [5, 5.41) is 12.6. The number of benzene rings is 3. The van der Waals surface area contributed by atoms with E-state index < -0.39 is 32.3 Å². The van der Waals surface area contributed by atoms with E-state index in [1.54, 1.807) is 25.1 Å². The van der Waals surface area contributed by atoms with Crippen LogP contribution in [0, 0.1) is 5.82 Å². The van der Waals surface area contributed by atoms with E-state index in [-0.39, 0.29) is 17.8 Å². The van der Waals surface area contributed by atoms with Crippen molar-refractivity contribution in [3.05, 3.63) is 83.3 Å². The van der Waals surface area contributed by atoms with Crippen LogP contribution in [-0.4, -0.2) is 30.2 Å². The van der Waals surface area contributed by atoms with Gasteiger partial charge in [-0.2, -0.15) is 0 Å². The van der Waals surface area contributed by atoms with E-state index in [4.69, 9.17) is 0 Å². The summed E-state index contributed by atoms with van der Waals surface area (Å²) in [6.07, 6.45) is 0. The van der Waals surface area contributed by atoms with Crippen molar-refractivity contribution in [3.8, 4) is 0 Å². The molecule has 0 fully saturated rings. The van der Waals surface area contributed by atoms with Crippen molar-refractivity contribution in [2.24, 2.45) is 0 Å². The molecule has 0 spiro atoms. The summed E-state index contributed by atoms with van der Waals surface area (Å²) in [4.78, 5) is 12.6. The van der Waals surface area contributed by atoms with E-state index in [2.05, 4.69) is 0 Å². The van der Waals surface area contributed by atoms with Gasteiger partial charge >= 0.3 is 0 Å². The molecule has 1 aliphatic heterocycles. The van der Waals surface area contributed by atoms with Crippen LogP contribution < -0.4 is 0 Å². The molecule has 0 unspecified atom stereocenters. The molecular weight excluding hydrogens is 381 g/mol. The average molecular weight is 397 g/mol. The number of rotatable bonds is 2. The van der Waals surface area contributed by atoms with Crippen LogP contribution in [0.25, 0.3) is 16.5 Å². The smallest absolute Gasteiger partial charge is 0.265 e. The van der Waals surface area contributed by atoms with Crippen molar-refractivity contribution in [2.45, 2.75) is 11.8 Å². The summed E-state index contributed by atoms with van der Waals surface area (Å²) >= 11 is 0. The zero-order valence-electron chi connectivity index (χ0n) is 14.9. The molecule has 7 heteroatoms. The highest BCUT2D eigenvalue weighted by Crippen LogP contribution is 2.36.